The van der Waals surface area contributed by atoms with E-state index in [2.05, 4.69) is 10.3 Å². The number of ether oxygens (including phenoxy) is 1. The maximum absolute atomic E-state index is 12.3. The molecule has 132 valence electrons. The Kier molecular flexibility index (Phi) is 5.28. The smallest absolute Gasteiger partial charge is 0.335 e. The third-order valence-electron chi connectivity index (χ3n) is 3.73. The Balaban J connectivity index is 1.74. The Labute approximate surface area is 154 Å². The molecule has 26 heavy (non-hydrogen) atoms. The largest absolute Gasteiger partial charge is 0.496 e. The zero-order valence-electron chi connectivity index (χ0n) is 13.9. The fourth-order valence-corrected chi connectivity index (χ4v) is 3.26. The molecule has 2 aromatic carbocycles. The lowest BCUT2D eigenvalue weighted by Gasteiger charge is -2.06. The number of anilines is 1. The third kappa shape index (κ3) is 3.89. The number of aromatic nitrogens is 1. The van der Waals surface area contributed by atoms with Gasteiger partial charge in [0.1, 0.15) is 5.75 Å². The summed E-state index contributed by atoms with van der Waals surface area (Å²) in [4.78, 5) is 27.9. The fourth-order valence-electron chi connectivity index (χ4n) is 2.53. The third-order valence-corrected chi connectivity index (χ3v) is 4.49. The number of amides is 1. The van der Waals surface area contributed by atoms with Crippen molar-refractivity contribution in [3.05, 3.63) is 65.0 Å². The zero-order chi connectivity index (χ0) is 18.5. The van der Waals surface area contributed by atoms with Crippen molar-refractivity contribution >= 4 is 28.3 Å². The van der Waals surface area contributed by atoms with E-state index in [1.807, 2.05) is 29.6 Å². The van der Waals surface area contributed by atoms with E-state index in [0.717, 1.165) is 5.56 Å². The van der Waals surface area contributed by atoms with Crippen molar-refractivity contribution in [2.45, 2.75) is 6.42 Å². The molecule has 0 aliphatic heterocycles. The number of aromatic carboxylic acids is 1. The summed E-state index contributed by atoms with van der Waals surface area (Å²) >= 11 is 1.30. The molecule has 3 aromatic rings. The van der Waals surface area contributed by atoms with Crippen LogP contribution < -0.4 is 10.1 Å². The molecule has 2 N–H and O–H groups in total. The van der Waals surface area contributed by atoms with Crippen molar-refractivity contribution in [2.75, 3.05) is 12.4 Å². The molecular weight excluding hydrogens is 352 g/mol. The van der Waals surface area contributed by atoms with E-state index in [9.17, 15) is 14.7 Å². The Morgan fingerprint density at radius 3 is 2.65 bits per heavy atom. The van der Waals surface area contributed by atoms with E-state index >= 15 is 0 Å². The van der Waals surface area contributed by atoms with E-state index in [4.69, 9.17) is 4.74 Å². The van der Waals surface area contributed by atoms with Crippen LogP contribution in [0.2, 0.25) is 0 Å². The van der Waals surface area contributed by atoms with Crippen LogP contribution in [0.3, 0.4) is 0 Å². The number of carboxylic acids is 1. The highest BCUT2D eigenvalue weighted by Gasteiger charge is 2.15. The maximum Gasteiger partial charge on any atom is 0.335 e. The number of methoxy groups -OCH3 is 1. The van der Waals surface area contributed by atoms with Crippen LogP contribution >= 0.6 is 11.3 Å². The number of hydrogen-bond donors (Lipinski definition) is 2. The average Bonchev–Trinajstić information content (AvgIpc) is 3.10. The molecular formula is C19H16N2O4S. The number of carbonyl (C=O) groups excluding carboxylic acids is 1. The molecule has 0 aliphatic rings. The van der Waals surface area contributed by atoms with Crippen molar-refractivity contribution in [1.29, 1.82) is 0 Å². The number of thiazole rings is 1. The first-order valence-electron chi connectivity index (χ1n) is 7.78. The first kappa shape index (κ1) is 17.6. The van der Waals surface area contributed by atoms with Crippen LogP contribution in [0.15, 0.2) is 53.9 Å². The molecule has 1 aromatic heterocycles. The summed E-state index contributed by atoms with van der Waals surface area (Å²) < 4.78 is 5.33. The van der Waals surface area contributed by atoms with Gasteiger partial charge in [0.15, 0.2) is 5.13 Å². The van der Waals surface area contributed by atoms with Crippen LogP contribution in [-0.4, -0.2) is 29.1 Å². The minimum Gasteiger partial charge on any atom is -0.496 e. The van der Waals surface area contributed by atoms with Crippen molar-refractivity contribution in [3.63, 3.8) is 0 Å². The Morgan fingerprint density at radius 2 is 1.88 bits per heavy atom. The Hall–Kier alpha value is -3.19. The number of para-hydroxylation sites is 1. The second-order valence-electron chi connectivity index (χ2n) is 5.43. The van der Waals surface area contributed by atoms with Crippen LogP contribution in [0, 0.1) is 0 Å². The molecule has 0 aliphatic carbocycles. The van der Waals surface area contributed by atoms with Gasteiger partial charge in [-0.25, -0.2) is 9.78 Å². The first-order valence-corrected chi connectivity index (χ1v) is 8.66. The Morgan fingerprint density at radius 1 is 1.15 bits per heavy atom. The number of hydrogen-bond acceptors (Lipinski definition) is 5. The molecule has 6 nitrogen and oxygen atoms in total. The van der Waals surface area contributed by atoms with Gasteiger partial charge in [0.2, 0.25) is 5.91 Å². The highest BCUT2D eigenvalue weighted by molar-refractivity contribution is 7.14. The minimum absolute atomic E-state index is 0.0357. The van der Waals surface area contributed by atoms with Gasteiger partial charge in [-0.1, -0.05) is 30.3 Å². The lowest BCUT2D eigenvalue weighted by molar-refractivity contribution is -0.115. The van der Waals surface area contributed by atoms with Gasteiger partial charge in [-0.3, -0.25) is 4.79 Å². The van der Waals surface area contributed by atoms with Gasteiger partial charge in [-0.15, -0.1) is 11.3 Å². The van der Waals surface area contributed by atoms with E-state index in [1.165, 1.54) is 17.4 Å². The molecule has 0 atom stereocenters. The van der Waals surface area contributed by atoms with Crippen LogP contribution in [0.4, 0.5) is 5.13 Å². The summed E-state index contributed by atoms with van der Waals surface area (Å²) in [6.45, 7) is 0. The van der Waals surface area contributed by atoms with Gasteiger partial charge >= 0.3 is 5.97 Å². The molecule has 0 unspecified atom stereocenters. The number of nitrogens with one attached hydrogen (secondary N) is 1. The number of rotatable bonds is 6. The van der Waals surface area contributed by atoms with Crippen LogP contribution in [0.25, 0.3) is 11.3 Å². The minimum atomic E-state index is -1.05. The molecule has 0 spiro atoms. The Bertz CT molecular complexity index is 952. The maximum atomic E-state index is 12.3. The number of benzene rings is 2. The predicted octanol–water partition coefficient (Wildman–Crippen LogP) is 3.70. The summed E-state index contributed by atoms with van der Waals surface area (Å²) in [6, 6.07) is 13.9. The molecule has 0 radical (unpaired) electrons. The first-order chi connectivity index (χ1) is 12.6. The molecule has 3 rings (SSSR count). The van der Waals surface area contributed by atoms with Crippen molar-refractivity contribution in [3.8, 4) is 17.0 Å². The standard InChI is InChI=1S/C19H16N2O4S/c1-25-16-9-5-4-8-14(16)15-11-26-19(20-15)21-17(22)10-12-6-2-3-7-13(12)18(23)24/h2-9,11H,10H2,1H3,(H,23,24)(H,20,21,22). The number of carboxylic acid groups (broad SMARTS) is 1. The highest BCUT2D eigenvalue weighted by Crippen LogP contribution is 2.31. The van der Waals surface area contributed by atoms with Crippen molar-refractivity contribution in [2.24, 2.45) is 0 Å². The van der Waals surface area contributed by atoms with Crippen LogP contribution in [0.5, 0.6) is 5.75 Å². The van der Waals surface area contributed by atoms with Gasteiger partial charge in [-0.05, 0) is 23.8 Å². The molecule has 1 heterocycles. The summed E-state index contributed by atoms with van der Waals surface area (Å²) in [5, 5.41) is 14.2. The van der Waals surface area contributed by atoms with E-state index in [0.29, 0.717) is 22.1 Å². The molecule has 0 saturated heterocycles. The van der Waals surface area contributed by atoms with Crippen LogP contribution in [-0.2, 0) is 11.2 Å². The van der Waals surface area contributed by atoms with Gasteiger partial charge in [0, 0.05) is 10.9 Å². The lowest BCUT2D eigenvalue weighted by Crippen LogP contribution is -2.16. The van der Waals surface area contributed by atoms with E-state index in [1.54, 1.807) is 25.3 Å². The van der Waals surface area contributed by atoms with Crippen LogP contribution in [0.1, 0.15) is 15.9 Å². The van der Waals surface area contributed by atoms with E-state index < -0.39 is 5.97 Å². The number of nitrogens with zero attached hydrogens (tertiary/aromatic N) is 1. The molecule has 0 fully saturated rings. The van der Waals surface area contributed by atoms with Crippen molar-refractivity contribution in [1.82, 2.24) is 4.98 Å². The topological polar surface area (TPSA) is 88.5 Å². The summed E-state index contributed by atoms with van der Waals surface area (Å²) in [7, 11) is 1.59. The monoisotopic (exact) mass is 368 g/mol. The predicted molar refractivity (Wildman–Crippen MR) is 99.8 cm³/mol. The van der Waals surface area contributed by atoms with Gasteiger partial charge in [0.05, 0.1) is 24.8 Å². The quantitative estimate of drug-likeness (QED) is 0.693. The SMILES string of the molecule is COc1ccccc1-c1csc(NC(=O)Cc2ccccc2C(=O)O)n1. The fraction of sp³-hybridized carbons (Fsp3) is 0.105. The summed E-state index contributed by atoms with van der Waals surface area (Å²) in [5.41, 5.74) is 2.12. The summed E-state index contributed by atoms with van der Waals surface area (Å²) in [5.74, 6) is -0.674. The number of carbonyl (C=O) groups is 2. The summed E-state index contributed by atoms with van der Waals surface area (Å²) in [6.07, 6.45) is -0.0357. The van der Waals surface area contributed by atoms with E-state index in [-0.39, 0.29) is 17.9 Å². The molecule has 1 amide bonds. The lowest BCUT2D eigenvalue weighted by atomic mass is 10.0. The van der Waals surface area contributed by atoms with Gasteiger partial charge in [-0.2, -0.15) is 0 Å². The second kappa shape index (κ2) is 7.79. The highest BCUT2D eigenvalue weighted by atomic mass is 32.1. The zero-order valence-corrected chi connectivity index (χ0v) is 14.7. The van der Waals surface area contributed by atoms with Gasteiger partial charge in [0.25, 0.3) is 0 Å². The molecule has 7 heteroatoms. The van der Waals surface area contributed by atoms with Crippen molar-refractivity contribution < 1.29 is 19.4 Å². The normalized spacial score (nSPS) is 10.3. The average molecular weight is 368 g/mol. The second-order valence-corrected chi connectivity index (χ2v) is 6.28. The molecule has 0 saturated carbocycles. The van der Waals surface area contributed by atoms with Gasteiger partial charge < -0.3 is 15.2 Å². The molecule has 0 bridgehead atoms.